The van der Waals surface area contributed by atoms with Crippen molar-refractivity contribution in [2.45, 2.75) is 25.8 Å². The molecule has 0 aromatic rings. The minimum Gasteiger partial charge on any atom is -0.304 e. The fourth-order valence-electron chi connectivity index (χ4n) is 1.08. The molecule has 52 valence electrons. The lowest BCUT2D eigenvalue weighted by Crippen LogP contribution is -2.20. The number of hydrogen-bond acceptors (Lipinski definition) is 2. The van der Waals surface area contributed by atoms with E-state index >= 15 is 0 Å². The highest BCUT2D eigenvalue weighted by molar-refractivity contribution is 4.70. The van der Waals surface area contributed by atoms with Gasteiger partial charge in [0.25, 0.3) is 0 Å². The van der Waals surface area contributed by atoms with Crippen molar-refractivity contribution in [1.29, 1.82) is 5.26 Å². The summed E-state index contributed by atoms with van der Waals surface area (Å²) < 4.78 is 0. The minimum atomic E-state index is 0.847. The Labute approximate surface area is 57.1 Å². The molecule has 1 rings (SSSR count). The average Bonchev–Trinajstić information content (AvgIpc) is 2.23. The van der Waals surface area contributed by atoms with Crippen LogP contribution in [0, 0.1) is 11.8 Å². The summed E-state index contributed by atoms with van der Waals surface area (Å²) >= 11 is 0. The van der Waals surface area contributed by atoms with Gasteiger partial charge in [0, 0.05) is 12.6 Å². The largest absolute Gasteiger partial charge is 0.304 e. The predicted molar refractivity (Wildman–Crippen MR) is 38.0 cm³/mol. The number of hydrogen-bond donors (Lipinski definition) is 0. The van der Waals surface area contributed by atoms with E-state index in [9.17, 15) is 0 Å². The molecule has 1 fully saturated rings. The fourth-order valence-corrected chi connectivity index (χ4v) is 1.08. The first-order chi connectivity index (χ1) is 4.30. The van der Waals surface area contributed by atoms with Crippen LogP contribution in [0.4, 0.5) is 0 Å². The highest BCUT2D eigenvalue weighted by atomic mass is 15.1. The smallest absolute Gasteiger partial charge is 0.0462 e. The molecule has 0 aromatic carbocycles. The molecule has 0 aromatic heterocycles. The van der Waals surface area contributed by atoms with Crippen LogP contribution in [-0.4, -0.2) is 24.5 Å². The highest BCUT2D eigenvalue weighted by Crippen LogP contribution is 2.12. The van der Waals surface area contributed by atoms with Gasteiger partial charge in [0.2, 0.25) is 0 Å². The molecule has 0 bridgehead atoms. The van der Waals surface area contributed by atoms with Crippen molar-refractivity contribution in [1.82, 2.24) is 4.90 Å². The van der Waals surface area contributed by atoms with Crippen LogP contribution in [-0.2, 0) is 0 Å². The molecular formula is C7H14N2. The minimum absolute atomic E-state index is 0.847. The standard InChI is InChI=1S/C6H13N.CHN/c1-6-4-3-5-7(6)2;1-2/h6H,3-5H2,1-2H3;1H. The molecule has 0 aliphatic carbocycles. The topological polar surface area (TPSA) is 27.0 Å². The van der Waals surface area contributed by atoms with E-state index < -0.39 is 0 Å². The van der Waals surface area contributed by atoms with Crippen molar-refractivity contribution in [3.63, 3.8) is 0 Å². The van der Waals surface area contributed by atoms with Gasteiger partial charge in [-0.05, 0) is 33.4 Å². The van der Waals surface area contributed by atoms with Gasteiger partial charge in [-0.25, -0.2) is 5.26 Å². The Bertz CT molecular complexity index is 80.2. The van der Waals surface area contributed by atoms with Crippen LogP contribution in [0.15, 0.2) is 0 Å². The average molecular weight is 126 g/mol. The van der Waals surface area contributed by atoms with E-state index in [2.05, 4.69) is 25.4 Å². The normalized spacial score (nSPS) is 26.9. The van der Waals surface area contributed by atoms with Gasteiger partial charge in [0.05, 0.1) is 0 Å². The van der Waals surface area contributed by atoms with Crippen LogP contribution in [0.25, 0.3) is 0 Å². The van der Waals surface area contributed by atoms with Gasteiger partial charge >= 0.3 is 0 Å². The highest BCUT2D eigenvalue weighted by Gasteiger charge is 2.14. The molecule has 9 heavy (non-hydrogen) atoms. The summed E-state index contributed by atoms with van der Waals surface area (Å²) in [5.74, 6) is 0. The summed E-state index contributed by atoms with van der Waals surface area (Å²) in [5.41, 5.74) is 0. The van der Waals surface area contributed by atoms with E-state index in [0.29, 0.717) is 0 Å². The van der Waals surface area contributed by atoms with E-state index in [0.717, 1.165) is 6.04 Å². The number of nitrogens with zero attached hydrogens (tertiary/aromatic N) is 2. The van der Waals surface area contributed by atoms with Gasteiger partial charge in [0.1, 0.15) is 0 Å². The molecule has 2 nitrogen and oxygen atoms in total. The number of rotatable bonds is 0. The first-order valence-electron chi connectivity index (χ1n) is 3.27. The molecule has 1 aliphatic heterocycles. The van der Waals surface area contributed by atoms with E-state index in [1.807, 2.05) is 0 Å². The molecule has 0 saturated carbocycles. The third kappa shape index (κ3) is 2.48. The number of likely N-dealkylation sites (tertiary alicyclic amines) is 1. The summed E-state index contributed by atoms with van der Waals surface area (Å²) in [6.45, 7) is 7.09. The maximum absolute atomic E-state index is 6.50. The maximum Gasteiger partial charge on any atom is 0.0462 e. The van der Waals surface area contributed by atoms with Crippen LogP contribution < -0.4 is 0 Å². The zero-order valence-corrected chi connectivity index (χ0v) is 6.17. The zero-order valence-electron chi connectivity index (χ0n) is 6.17. The Morgan fingerprint density at radius 3 is 2.22 bits per heavy atom. The maximum atomic E-state index is 6.50. The van der Waals surface area contributed by atoms with E-state index in [1.165, 1.54) is 19.4 Å². The molecule has 0 amide bonds. The van der Waals surface area contributed by atoms with Crippen LogP contribution >= 0.6 is 0 Å². The quantitative estimate of drug-likeness (QED) is 0.488. The van der Waals surface area contributed by atoms with Gasteiger partial charge in [0.15, 0.2) is 0 Å². The molecule has 0 N–H and O–H groups in total. The molecule has 1 unspecified atom stereocenters. The molecule has 2 heteroatoms. The first-order valence-corrected chi connectivity index (χ1v) is 3.27. The van der Waals surface area contributed by atoms with Crippen molar-refractivity contribution < 1.29 is 0 Å². The third-order valence-electron chi connectivity index (χ3n) is 1.89. The Morgan fingerprint density at radius 1 is 1.56 bits per heavy atom. The van der Waals surface area contributed by atoms with Crippen molar-refractivity contribution in [2.24, 2.45) is 0 Å². The van der Waals surface area contributed by atoms with Crippen LogP contribution in [0.2, 0.25) is 0 Å². The predicted octanol–water partition coefficient (Wildman–Crippen LogP) is 1.24. The molecule has 0 radical (unpaired) electrons. The molecule has 1 atom stereocenters. The lowest BCUT2D eigenvalue weighted by molar-refractivity contribution is 0.331. The van der Waals surface area contributed by atoms with Gasteiger partial charge in [-0.15, -0.1) is 0 Å². The molecular weight excluding hydrogens is 112 g/mol. The second-order valence-corrected chi connectivity index (χ2v) is 2.47. The summed E-state index contributed by atoms with van der Waals surface area (Å²) in [6, 6.07) is 0.847. The van der Waals surface area contributed by atoms with Crippen LogP contribution in [0.3, 0.4) is 0 Å². The molecule has 0 spiro atoms. The van der Waals surface area contributed by atoms with Gasteiger partial charge in [-0.3, -0.25) is 0 Å². The van der Waals surface area contributed by atoms with Gasteiger partial charge in [-0.2, -0.15) is 0 Å². The van der Waals surface area contributed by atoms with Crippen molar-refractivity contribution in [2.75, 3.05) is 13.6 Å². The Kier molecular flexibility index (Phi) is 4.08. The molecule has 1 saturated heterocycles. The third-order valence-corrected chi connectivity index (χ3v) is 1.89. The van der Waals surface area contributed by atoms with Gasteiger partial charge < -0.3 is 4.90 Å². The van der Waals surface area contributed by atoms with Crippen LogP contribution in [0.1, 0.15) is 19.8 Å². The Morgan fingerprint density at radius 2 is 2.11 bits per heavy atom. The van der Waals surface area contributed by atoms with Crippen molar-refractivity contribution in [3.8, 4) is 6.57 Å². The lowest BCUT2D eigenvalue weighted by atomic mass is 10.3. The zero-order chi connectivity index (χ0) is 7.28. The second kappa shape index (κ2) is 4.34. The van der Waals surface area contributed by atoms with Gasteiger partial charge in [-0.1, -0.05) is 0 Å². The van der Waals surface area contributed by atoms with Crippen LogP contribution in [0.5, 0.6) is 0 Å². The van der Waals surface area contributed by atoms with Crippen molar-refractivity contribution in [3.05, 3.63) is 0 Å². The molecule has 1 aliphatic rings. The Hall–Kier alpha value is -0.550. The molecule has 1 heterocycles. The SMILES string of the molecule is C#N.CC1CCCN1C. The summed E-state index contributed by atoms with van der Waals surface area (Å²) in [4.78, 5) is 2.40. The second-order valence-electron chi connectivity index (χ2n) is 2.47. The first kappa shape index (κ1) is 8.45. The monoisotopic (exact) mass is 126 g/mol. The fraction of sp³-hybridized carbons (Fsp3) is 0.857. The van der Waals surface area contributed by atoms with E-state index in [1.54, 1.807) is 0 Å². The summed E-state index contributed by atoms with van der Waals surface area (Å²) in [5, 5.41) is 6.50. The Balaban J connectivity index is 0.000000291. The van der Waals surface area contributed by atoms with E-state index in [4.69, 9.17) is 5.26 Å². The van der Waals surface area contributed by atoms with Crippen molar-refractivity contribution >= 4 is 0 Å². The summed E-state index contributed by atoms with van der Waals surface area (Å²) in [7, 11) is 2.19. The number of nitriles is 1. The lowest BCUT2D eigenvalue weighted by Gasteiger charge is -2.12. The van der Waals surface area contributed by atoms with E-state index in [-0.39, 0.29) is 0 Å². The summed E-state index contributed by atoms with van der Waals surface area (Å²) in [6.07, 6.45) is 2.80.